The van der Waals surface area contributed by atoms with Crippen LogP contribution in [0.15, 0.2) is 24.3 Å². The van der Waals surface area contributed by atoms with Gasteiger partial charge in [0.05, 0.1) is 13.2 Å². The van der Waals surface area contributed by atoms with Crippen molar-refractivity contribution in [3.63, 3.8) is 0 Å². The van der Waals surface area contributed by atoms with Crippen molar-refractivity contribution < 1.29 is 9.53 Å². The van der Waals surface area contributed by atoms with Crippen molar-refractivity contribution in [2.45, 2.75) is 32.0 Å². The van der Waals surface area contributed by atoms with Crippen molar-refractivity contribution in [3.05, 3.63) is 29.8 Å². The third-order valence-electron chi connectivity index (χ3n) is 4.10. The normalized spacial score (nSPS) is 23.6. The van der Waals surface area contributed by atoms with E-state index in [1.807, 2.05) is 30.8 Å². The molecule has 0 spiro atoms. The Labute approximate surface area is 130 Å². The van der Waals surface area contributed by atoms with E-state index in [-0.39, 0.29) is 12.1 Å². The molecule has 2 aliphatic rings. The van der Waals surface area contributed by atoms with Crippen molar-refractivity contribution in [1.29, 1.82) is 0 Å². The van der Waals surface area contributed by atoms with E-state index in [1.165, 1.54) is 0 Å². The van der Waals surface area contributed by atoms with Crippen LogP contribution in [0.2, 0.25) is 0 Å². The predicted octanol–water partition coefficient (Wildman–Crippen LogP) is 2.41. The van der Waals surface area contributed by atoms with E-state index >= 15 is 0 Å². The van der Waals surface area contributed by atoms with Gasteiger partial charge in [-0.2, -0.15) is 11.8 Å². The van der Waals surface area contributed by atoms with Crippen molar-refractivity contribution in [2.75, 3.05) is 24.7 Å². The van der Waals surface area contributed by atoms with Crippen LogP contribution in [0.5, 0.6) is 5.75 Å². The highest BCUT2D eigenvalue weighted by Gasteiger charge is 2.37. The summed E-state index contributed by atoms with van der Waals surface area (Å²) in [4.78, 5) is 14.3. The Balaban J connectivity index is 1.77. The minimum absolute atomic E-state index is 0.0151. The van der Waals surface area contributed by atoms with Crippen molar-refractivity contribution >= 4 is 17.7 Å². The molecule has 5 heteroatoms. The van der Waals surface area contributed by atoms with Gasteiger partial charge in [-0.1, -0.05) is 12.1 Å². The van der Waals surface area contributed by atoms with Crippen molar-refractivity contribution in [3.8, 4) is 5.75 Å². The zero-order valence-electron chi connectivity index (χ0n) is 12.4. The summed E-state index contributed by atoms with van der Waals surface area (Å²) in [7, 11) is 0. The fraction of sp³-hybridized carbons (Fsp3) is 0.562. The molecule has 1 N–H and O–H groups in total. The molecule has 4 nitrogen and oxygen atoms in total. The van der Waals surface area contributed by atoms with Crippen LogP contribution in [-0.2, 0) is 4.79 Å². The maximum atomic E-state index is 12.3. The van der Waals surface area contributed by atoms with Gasteiger partial charge in [0, 0.05) is 6.04 Å². The summed E-state index contributed by atoms with van der Waals surface area (Å²) in [5.74, 6) is 3.42. The second-order valence-corrected chi connectivity index (χ2v) is 6.65. The zero-order valence-corrected chi connectivity index (χ0v) is 13.2. The van der Waals surface area contributed by atoms with Gasteiger partial charge >= 0.3 is 0 Å². The number of amides is 1. The summed E-state index contributed by atoms with van der Waals surface area (Å²) in [6, 6.07) is 8.47. The van der Waals surface area contributed by atoms with Gasteiger partial charge in [0.25, 0.3) is 0 Å². The van der Waals surface area contributed by atoms with E-state index in [0.29, 0.717) is 19.2 Å². The molecule has 3 rings (SSSR count). The van der Waals surface area contributed by atoms with Crippen LogP contribution in [0.3, 0.4) is 0 Å². The Hall–Kier alpha value is -1.20. The Morgan fingerprint density at radius 3 is 2.67 bits per heavy atom. The summed E-state index contributed by atoms with van der Waals surface area (Å²) in [6.45, 7) is 3.10. The first-order valence-corrected chi connectivity index (χ1v) is 8.80. The molecule has 2 fully saturated rings. The third-order valence-corrected chi connectivity index (χ3v) is 5.15. The fourth-order valence-corrected chi connectivity index (χ4v) is 4.17. The summed E-state index contributed by atoms with van der Waals surface area (Å²) >= 11 is 1.99. The number of carbonyl (C=O) groups excluding carboxylic acids is 1. The highest BCUT2D eigenvalue weighted by molar-refractivity contribution is 7.99. The topological polar surface area (TPSA) is 41.6 Å². The van der Waals surface area contributed by atoms with Gasteiger partial charge in [-0.25, -0.2) is 0 Å². The van der Waals surface area contributed by atoms with Gasteiger partial charge in [-0.15, -0.1) is 0 Å². The van der Waals surface area contributed by atoms with Crippen LogP contribution < -0.4 is 10.1 Å². The first-order valence-electron chi connectivity index (χ1n) is 7.64. The molecule has 0 radical (unpaired) electrons. The molecule has 21 heavy (non-hydrogen) atoms. The Morgan fingerprint density at radius 2 is 2.00 bits per heavy atom. The number of thioether (sulfide) groups is 1. The van der Waals surface area contributed by atoms with Gasteiger partial charge in [0.15, 0.2) is 0 Å². The van der Waals surface area contributed by atoms with Crippen molar-refractivity contribution in [2.24, 2.45) is 0 Å². The van der Waals surface area contributed by atoms with Gasteiger partial charge < -0.3 is 9.64 Å². The van der Waals surface area contributed by atoms with E-state index in [1.54, 1.807) is 0 Å². The molecular weight excluding hydrogens is 284 g/mol. The van der Waals surface area contributed by atoms with Crippen LogP contribution in [0.25, 0.3) is 0 Å². The molecule has 2 heterocycles. The van der Waals surface area contributed by atoms with Crippen LogP contribution in [0.1, 0.15) is 31.5 Å². The molecule has 0 aromatic heterocycles. The zero-order chi connectivity index (χ0) is 14.7. The molecule has 2 saturated heterocycles. The summed E-state index contributed by atoms with van der Waals surface area (Å²) in [5.41, 5.74) is 1.14. The number of nitrogens with one attached hydrogen (secondary N) is 1. The molecule has 0 aliphatic carbocycles. The van der Waals surface area contributed by atoms with Crippen LogP contribution in [0, 0.1) is 0 Å². The number of rotatable bonds is 4. The lowest BCUT2D eigenvalue weighted by molar-refractivity contribution is -0.130. The SMILES string of the molecule is CCOc1ccc(C2NCC(=O)N2C2CCSCC2)cc1. The molecule has 1 amide bonds. The maximum Gasteiger partial charge on any atom is 0.238 e. The fourth-order valence-electron chi connectivity index (χ4n) is 3.09. The van der Waals surface area contributed by atoms with Crippen LogP contribution >= 0.6 is 11.8 Å². The molecule has 0 bridgehead atoms. The number of nitrogens with zero attached hydrogens (tertiary/aromatic N) is 1. The second-order valence-electron chi connectivity index (χ2n) is 5.43. The van der Waals surface area contributed by atoms with E-state index in [4.69, 9.17) is 4.74 Å². The molecule has 2 aliphatic heterocycles. The van der Waals surface area contributed by atoms with Crippen molar-refractivity contribution in [1.82, 2.24) is 10.2 Å². The molecule has 1 unspecified atom stereocenters. The minimum Gasteiger partial charge on any atom is -0.494 e. The largest absolute Gasteiger partial charge is 0.494 e. The van der Waals surface area contributed by atoms with Gasteiger partial charge in [-0.05, 0) is 49.0 Å². The Bertz CT molecular complexity index is 486. The van der Waals surface area contributed by atoms with Crippen LogP contribution in [-0.4, -0.2) is 41.5 Å². The second kappa shape index (κ2) is 6.71. The lowest BCUT2D eigenvalue weighted by Gasteiger charge is -2.35. The quantitative estimate of drug-likeness (QED) is 0.927. The molecule has 1 aromatic rings. The average molecular weight is 306 g/mol. The maximum absolute atomic E-state index is 12.3. The monoisotopic (exact) mass is 306 g/mol. The molecule has 0 saturated carbocycles. The van der Waals surface area contributed by atoms with E-state index < -0.39 is 0 Å². The Morgan fingerprint density at radius 1 is 1.29 bits per heavy atom. The number of hydrogen-bond donors (Lipinski definition) is 1. The predicted molar refractivity (Wildman–Crippen MR) is 85.5 cm³/mol. The number of ether oxygens (including phenoxy) is 1. The standard InChI is InChI=1S/C16H22N2O2S/c1-2-20-14-5-3-12(4-6-14)16-17-11-15(19)18(16)13-7-9-21-10-8-13/h3-6,13,16-17H,2,7-11H2,1H3. The summed E-state index contributed by atoms with van der Waals surface area (Å²) in [5, 5.41) is 3.35. The molecule has 114 valence electrons. The first kappa shape index (κ1) is 14.7. The Kier molecular flexibility index (Phi) is 4.70. The van der Waals surface area contributed by atoms with E-state index in [2.05, 4.69) is 22.3 Å². The molecular formula is C16H22N2O2S. The van der Waals surface area contributed by atoms with E-state index in [0.717, 1.165) is 35.7 Å². The van der Waals surface area contributed by atoms with Gasteiger partial charge in [-0.3, -0.25) is 10.1 Å². The average Bonchev–Trinajstić information content (AvgIpc) is 2.91. The van der Waals surface area contributed by atoms with E-state index in [9.17, 15) is 4.79 Å². The highest BCUT2D eigenvalue weighted by atomic mass is 32.2. The number of benzene rings is 1. The van der Waals surface area contributed by atoms with Gasteiger partial charge in [0.2, 0.25) is 5.91 Å². The molecule has 1 aromatic carbocycles. The van der Waals surface area contributed by atoms with Gasteiger partial charge in [0.1, 0.15) is 11.9 Å². The molecule has 1 atom stereocenters. The summed E-state index contributed by atoms with van der Waals surface area (Å²) in [6.07, 6.45) is 2.22. The minimum atomic E-state index is 0.0151. The number of hydrogen-bond acceptors (Lipinski definition) is 4. The summed E-state index contributed by atoms with van der Waals surface area (Å²) < 4.78 is 5.48. The smallest absolute Gasteiger partial charge is 0.238 e. The number of carbonyl (C=O) groups is 1. The lowest BCUT2D eigenvalue weighted by atomic mass is 10.1. The third kappa shape index (κ3) is 3.19. The van der Waals surface area contributed by atoms with Crippen LogP contribution in [0.4, 0.5) is 0 Å². The first-order chi connectivity index (χ1) is 10.3. The lowest BCUT2D eigenvalue weighted by Crippen LogP contribution is -2.41. The highest BCUT2D eigenvalue weighted by Crippen LogP contribution is 2.31.